The fourth-order valence-corrected chi connectivity index (χ4v) is 5.81. The second-order valence-corrected chi connectivity index (χ2v) is 9.64. The van der Waals surface area contributed by atoms with Gasteiger partial charge in [-0.15, -0.1) is 0 Å². The Morgan fingerprint density at radius 1 is 1.21 bits per heavy atom. The molecule has 2 aromatic heterocycles. The van der Waals surface area contributed by atoms with Gasteiger partial charge in [-0.05, 0) is 43.5 Å². The van der Waals surface area contributed by atoms with Gasteiger partial charge in [-0.3, -0.25) is 4.98 Å². The summed E-state index contributed by atoms with van der Waals surface area (Å²) in [6, 6.07) is 7.36. The van der Waals surface area contributed by atoms with Crippen molar-refractivity contribution < 1.29 is 17.6 Å². The Morgan fingerprint density at radius 2 is 2.03 bits per heavy atom. The molecule has 0 N–H and O–H groups in total. The molecule has 0 bridgehead atoms. The number of fused-ring (bicyclic) bond motifs is 2. The molecule has 0 unspecified atom stereocenters. The molecule has 1 saturated heterocycles. The van der Waals surface area contributed by atoms with Gasteiger partial charge in [0.2, 0.25) is 10.0 Å². The first-order valence-electron chi connectivity index (χ1n) is 9.94. The van der Waals surface area contributed by atoms with Crippen molar-refractivity contribution in [2.24, 2.45) is 0 Å². The maximum atomic E-state index is 13.5. The van der Waals surface area contributed by atoms with Gasteiger partial charge in [-0.25, -0.2) is 13.4 Å². The average Bonchev–Trinajstić information content (AvgIpc) is 3.17. The number of hydrogen-bond donors (Lipinski definition) is 0. The number of ether oxygens (including phenoxy) is 1. The highest BCUT2D eigenvalue weighted by atomic mass is 32.2. The zero-order chi connectivity index (χ0) is 20.0. The Morgan fingerprint density at radius 3 is 2.86 bits per heavy atom. The summed E-state index contributed by atoms with van der Waals surface area (Å²) < 4.78 is 39.9. The van der Waals surface area contributed by atoms with Crippen LogP contribution >= 0.6 is 0 Å². The fourth-order valence-electron chi connectivity index (χ4n) is 4.16. The third-order valence-electron chi connectivity index (χ3n) is 5.71. The van der Waals surface area contributed by atoms with Gasteiger partial charge in [0, 0.05) is 43.7 Å². The van der Waals surface area contributed by atoms with E-state index in [4.69, 9.17) is 9.15 Å². The Hall–Kier alpha value is -2.29. The van der Waals surface area contributed by atoms with Crippen LogP contribution in [0.4, 0.5) is 0 Å². The van der Waals surface area contributed by atoms with Gasteiger partial charge in [0.05, 0.1) is 17.8 Å². The number of hydrogen-bond acceptors (Lipinski definition) is 6. The van der Waals surface area contributed by atoms with E-state index in [1.807, 2.05) is 25.1 Å². The Labute approximate surface area is 169 Å². The lowest BCUT2D eigenvalue weighted by atomic mass is 10.0. The highest BCUT2D eigenvalue weighted by Gasteiger charge is 2.34. The molecule has 1 fully saturated rings. The molecule has 0 radical (unpaired) electrons. The highest BCUT2D eigenvalue weighted by molar-refractivity contribution is 7.89. The molecule has 0 atom stereocenters. The Bertz CT molecular complexity index is 1170. The minimum Gasteiger partial charge on any atom is -0.445 e. The van der Waals surface area contributed by atoms with Crippen LogP contribution in [0.5, 0.6) is 0 Å². The van der Waals surface area contributed by atoms with E-state index in [1.165, 1.54) is 4.31 Å². The zero-order valence-electron chi connectivity index (χ0n) is 16.3. The predicted octanol–water partition coefficient (Wildman–Crippen LogP) is 3.17. The van der Waals surface area contributed by atoms with Crippen LogP contribution in [-0.4, -0.2) is 42.4 Å². The molecular formula is C21H23N3O4S. The van der Waals surface area contributed by atoms with E-state index >= 15 is 0 Å². The van der Waals surface area contributed by atoms with Crippen molar-refractivity contribution in [2.45, 2.75) is 43.5 Å². The number of aromatic nitrogens is 2. The molecule has 152 valence electrons. The topological polar surface area (TPSA) is 85.5 Å². The monoisotopic (exact) mass is 413 g/mol. The fraction of sp³-hybridized carbons (Fsp3) is 0.429. The summed E-state index contributed by atoms with van der Waals surface area (Å²) in [7, 11) is -3.70. The quantitative estimate of drug-likeness (QED) is 0.656. The zero-order valence-corrected chi connectivity index (χ0v) is 17.1. The third-order valence-corrected chi connectivity index (χ3v) is 7.57. The van der Waals surface area contributed by atoms with Gasteiger partial charge in [0.25, 0.3) is 0 Å². The predicted molar refractivity (Wildman–Crippen MR) is 107 cm³/mol. The molecule has 3 aromatic rings. The molecule has 29 heavy (non-hydrogen) atoms. The van der Waals surface area contributed by atoms with Crippen LogP contribution in [0.2, 0.25) is 0 Å². The number of pyridine rings is 1. The highest BCUT2D eigenvalue weighted by Crippen LogP contribution is 2.33. The van der Waals surface area contributed by atoms with Crippen LogP contribution in [0.3, 0.4) is 0 Å². The SMILES string of the molecule is Cc1cc(S(=O)(=O)N2CCc3oc(C4CCOCC4)nc3C2)c2ncccc2c1. The first-order valence-corrected chi connectivity index (χ1v) is 11.4. The summed E-state index contributed by atoms with van der Waals surface area (Å²) >= 11 is 0. The van der Waals surface area contributed by atoms with E-state index in [9.17, 15) is 8.42 Å². The second kappa shape index (κ2) is 7.19. The number of oxazole rings is 1. The van der Waals surface area contributed by atoms with E-state index in [-0.39, 0.29) is 17.4 Å². The summed E-state index contributed by atoms with van der Waals surface area (Å²) in [6.45, 7) is 3.93. The Balaban J connectivity index is 1.48. The largest absolute Gasteiger partial charge is 0.445 e. The summed E-state index contributed by atoms with van der Waals surface area (Å²) in [4.78, 5) is 9.26. The lowest BCUT2D eigenvalue weighted by Crippen LogP contribution is -2.36. The smallest absolute Gasteiger partial charge is 0.245 e. The second-order valence-electron chi connectivity index (χ2n) is 7.74. The average molecular weight is 413 g/mol. The van der Waals surface area contributed by atoms with Crippen molar-refractivity contribution in [3.8, 4) is 0 Å². The molecule has 1 aromatic carbocycles. The van der Waals surface area contributed by atoms with Crippen LogP contribution < -0.4 is 0 Å². The maximum absolute atomic E-state index is 13.5. The molecule has 0 saturated carbocycles. The molecule has 4 heterocycles. The van der Waals surface area contributed by atoms with E-state index in [0.29, 0.717) is 31.7 Å². The molecule has 0 amide bonds. The molecule has 8 heteroatoms. The first kappa shape index (κ1) is 18.7. The van der Waals surface area contributed by atoms with Gasteiger partial charge in [-0.1, -0.05) is 6.07 Å². The van der Waals surface area contributed by atoms with Gasteiger partial charge >= 0.3 is 0 Å². The molecule has 5 rings (SSSR count). The number of nitrogens with zero attached hydrogens (tertiary/aromatic N) is 3. The van der Waals surface area contributed by atoms with Gasteiger partial charge in [0.15, 0.2) is 5.89 Å². The number of rotatable bonds is 3. The maximum Gasteiger partial charge on any atom is 0.245 e. The number of sulfonamides is 1. The van der Waals surface area contributed by atoms with Gasteiger partial charge < -0.3 is 9.15 Å². The molecule has 0 aliphatic carbocycles. The van der Waals surface area contributed by atoms with Crippen LogP contribution in [0.25, 0.3) is 10.9 Å². The van der Waals surface area contributed by atoms with E-state index in [2.05, 4.69) is 9.97 Å². The van der Waals surface area contributed by atoms with Crippen molar-refractivity contribution in [3.05, 3.63) is 53.4 Å². The third kappa shape index (κ3) is 3.35. The standard InChI is InChI=1S/C21H23N3O4S/c1-14-11-16-3-2-7-22-20(16)19(12-14)29(25,26)24-8-4-18-17(13-24)23-21(28-18)15-5-9-27-10-6-15/h2-3,7,11-12,15H,4-6,8-10,13H2,1H3. The van der Waals surface area contributed by atoms with E-state index in [0.717, 1.165) is 41.1 Å². The van der Waals surface area contributed by atoms with Crippen molar-refractivity contribution in [1.82, 2.24) is 14.3 Å². The summed E-state index contributed by atoms with van der Waals surface area (Å²) in [6.07, 6.45) is 3.94. The number of aryl methyl sites for hydroxylation is 1. The molecule has 0 spiro atoms. The molecule has 2 aliphatic rings. The van der Waals surface area contributed by atoms with Crippen molar-refractivity contribution in [2.75, 3.05) is 19.8 Å². The van der Waals surface area contributed by atoms with E-state index < -0.39 is 10.0 Å². The lowest BCUT2D eigenvalue weighted by Gasteiger charge is -2.25. The Kier molecular flexibility index (Phi) is 4.64. The van der Waals surface area contributed by atoms with Crippen LogP contribution in [-0.2, 0) is 27.7 Å². The van der Waals surface area contributed by atoms with Crippen LogP contribution in [0, 0.1) is 6.92 Å². The van der Waals surface area contributed by atoms with Crippen molar-refractivity contribution in [3.63, 3.8) is 0 Å². The van der Waals surface area contributed by atoms with Crippen molar-refractivity contribution in [1.29, 1.82) is 0 Å². The molecular weight excluding hydrogens is 390 g/mol. The summed E-state index contributed by atoms with van der Waals surface area (Å²) in [5.41, 5.74) is 2.13. The molecule has 7 nitrogen and oxygen atoms in total. The lowest BCUT2D eigenvalue weighted by molar-refractivity contribution is 0.0791. The summed E-state index contributed by atoms with van der Waals surface area (Å²) in [5, 5.41) is 0.826. The van der Waals surface area contributed by atoms with Crippen LogP contribution in [0.15, 0.2) is 39.8 Å². The van der Waals surface area contributed by atoms with E-state index in [1.54, 1.807) is 12.3 Å². The van der Waals surface area contributed by atoms with Crippen LogP contribution in [0.1, 0.15) is 41.7 Å². The van der Waals surface area contributed by atoms with Crippen molar-refractivity contribution >= 4 is 20.9 Å². The summed E-state index contributed by atoms with van der Waals surface area (Å²) in [5.74, 6) is 1.79. The minimum absolute atomic E-state index is 0.229. The van der Waals surface area contributed by atoms with Gasteiger partial charge in [-0.2, -0.15) is 4.31 Å². The minimum atomic E-state index is -3.70. The normalized spacial score (nSPS) is 18.8. The van der Waals surface area contributed by atoms with Gasteiger partial charge in [0.1, 0.15) is 10.7 Å². The first-order chi connectivity index (χ1) is 14.0. The number of benzene rings is 1. The molecule has 2 aliphatic heterocycles.